The Labute approximate surface area is 162 Å². The molecule has 9 heteroatoms. The average molecular weight is 398 g/mol. The van der Waals surface area contributed by atoms with Gasteiger partial charge in [0.2, 0.25) is 0 Å². The molecule has 6 atom stereocenters. The van der Waals surface area contributed by atoms with Crippen LogP contribution in [-0.2, 0) is 42.8 Å². The van der Waals surface area contributed by atoms with Crippen LogP contribution in [0.5, 0.6) is 0 Å². The van der Waals surface area contributed by atoms with Crippen LogP contribution in [0.25, 0.3) is 0 Å². The molecule has 0 aromatic carbocycles. The summed E-state index contributed by atoms with van der Waals surface area (Å²) in [5.41, 5.74) is -6.34. The predicted octanol–water partition coefficient (Wildman–Crippen LogP) is 0.376. The Kier molecular flexibility index (Phi) is 4.07. The van der Waals surface area contributed by atoms with Gasteiger partial charge < -0.3 is 28.4 Å². The Morgan fingerprint density at radius 1 is 0.857 bits per heavy atom. The molecule has 1 aliphatic heterocycles. The van der Waals surface area contributed by atoms with Crippen molar-refractivity contribution in [2.24, 2.45) is 10.8 Å². The molecular weight excluding hydrogens is 372 g/mol. The quantitative estimate of drug-likeness (QED) is 0.587. The van der Waals surface area contributed by atoms with E-state index in [-0.39, 0.29) is 25.8 Å². The van der Waals surface area contributed by atoms with E-state index in [4.69, 9.17) is 28.4 Å². The highest BCUT2D eigenvalue weighted by Crippen LogP contribution is 2.76. The molecule has 1 saturated heterocycles. The van der Waals surface area contributed by atoms with Gasteiger partial charge in [-0.1, -0.05) is 6.92 Å². The molecule has 4 fully saturated rings. The zero-order valence-electron chi connectivity index (χ0n) is 17.0. The molecule has 1 heterocycles. The van der Waals surface area contributed by atoms with Crippen LogP contribution in [0, 0.1) is 10.8 Å². The first kappa shape index (κ1) is 20.1. The van der Waals surface area contributed by atoms with E-state index in [9.17, 15) is 14.4 Å². The zero-order chi connectivity index (χ0) is 20.8. The summed E-state index contributed by atoms with van der Waals surface area (Å²) in [6.45, 7) is 6.12. The minimum absolute atomic E-state index is 0.0800. The van der Waals surface area contributed by atoms with E-state index in [1.807, 2.05) is 0 Å². The summed E-state index contributed by atoms with van der Waals surface area (Å²) < 4.78 is 33.7. The van der Waals surface area contributed by atoms with E-state index < -0.39 is 51.6 Å². The molecule has 4 aliphatic rings. The van der Waals surface area contributed by atoms with Crippen molar-refractivity contribution in [3.63, 3.8) is 0 Å². The van der Waals surface area contributed by atoms with Gasteiger partial charge in [0.1, 0.15) is 31.6 Å². The number of ether oxygens (including phenoxy) is 6. The minimum atomic E-state index is -1.83. The fraction of sp³-hybridized carbons (Fsp3) is 0.842. The van der Waals surface area contributed by atoms with E-state index in [1.54, 1.807) is 27.7 Å². The highest BCUT2D eigenvalue weighted by molar-refractivity contribution is 6.21. The first-order valence-electron chi connectivity index (χ1n) is 9.23. The second-order valence-electron chi connectivity index (χ2n) is 8.82. The van der Waals surface area contributed by atoms with Gasteiger partial charge in [-0.25, -0.2) is 0 Å². The number of ketones is 3. The highest BCUT2D eigenvalue weighted by atomic mass is 16.8. The molecule has 0 spiro atoms. The van der Waals surface area contributed by atoms with Crippen molar-refractivity contribution in [2.75, 3.05) is 27.8 Å². The molecule has 0 aromatic rings. The average Bonchev–Trinajstić information content (AvgIpc) is 3.00. The van der Waals surface area contributed by atoms with Crippen molar-refractivity contribution in [2.45, 2.75) is 63.3 Å². The minimum Gasteiger partial charge on any atom is -0.359 e. The highest BCUT2D eigenvalue weighted by Gasteiger charge is 2.98. The van der Waals surface area contributed by atoms with E-state index in [0.717, 1.165) is 0 Å². The predicted molar refractivity (Wildman–Crippen MR) is 91.1 cm³/mol. The Balaban J connectivity index is 1.98. The molecule has 0 N–H and O–H groups in total. The lowest BCUT2D eigenvalue weighted by molar-refractivity contribution is -0.229. The van der Waals surface area contributed by atoms with Gasteiger partial charge in [-0.2, -0.15) is 0 Å². The summed E-state index contributed by atoms with van der Waals surface area (Å²) in [4.78, 5) is 41.0. The Bertz CT molecular complexity index is 761. The van der Waals surface area contributed by atoms with Crippen molar-refractivity contribution in [3.05, 3.63) is 0 Å². The van der Waals surface area contributed by atoms with Crippen LogP contribution < -0.4 is 0 Å². The lowest BCUT2D eigenvalue weighted by Gasteiger charge is -2.47. The van der Waals surface area contributed by atoms with Crippen LogP contribution in [0.1, 0.15) is 34.1 Å². The molecule has 156 valence electrons. The smallest absolute Gasteiger partial charge is 0.198 e. The summed E-state index contributed by atoms with van der Waals surface area (Å²) in [6, 6.07) is 0. The maximum Gasteiger partial charge on any atom is 0.198 e. The number of Topliss-reactive ketones (excluding diaryl/α,β-unsaturated/α-hetero) is 3. The molecule has 3 aliphatic carbocycles. The lowest BCUT2D eigenvalue weighted by Crippen LogP contribution is -2.68. The number of rotatable bonds is 6. The monoisotopic (exact) mass is 398 g/mol. The second-order valence-corrected chi connectivity index (χ2v) is 8.82. The van der Waals surface area contributed by atoms with Gasteiger partial charge in [0, 0.05) is 26.1 Å². The van der Waals surface area contributed by atoms with Crippen LogP contribution in [0.4, 0.5) is 0 Å². The van der Waals surface area contributed by atoms with Crippen LogP contribution in [0.15, 0.2) is 0 Å². The Morgan fingerprint density at radius 2 is 1.36 bits per heavy atom. The van der Waals surface area contributed by atoms with Crippen molar-refractivity contribution in [3.8, 4) is 0 Å². The van der Waals surface area contributed by atoms with Gasteiger partial charge in [0.15, 0.2) is 28.6 Å². The molecule has 4 bridgehead atoms. The van der Waals surface area contributed by atoms with Gasteiger partial charge in [-0.3, -0.25) is 14.4 Å². The second kappa shape index (κ2) is 5.68. The normalized spacial score (nSPS) is 48.4. The molecule has 0 amide bonds. The maximum absolute atomic E-state index is 13.8. The first-order chi connectivity index (χ1) is 13.0. The van der Waals surface area contributed by atoms with Gasteiger partial charge in [-0.15, -0.1) is 0 Å². The summed E-state index contributed by atoms with van der Waals surface area (Å²) in [7, 11) is 2.84. The largest absolute Gasteiger partial charge is 0.359 e. The van der Waals surface area contributed by atoms with Crippen molar-refractivity contribution < 1.29 is 42.8 Å². The van der Waals surface area contributed by atoms with Crippen molar-refractivity contribution in [1.82, 2.24) is 0 Å². The van der Waals surface area contributed by atoms with Crippen molar-refractivity contribution in [1.29, 1.82) is 0 Å². The molecule has 28 heavy (non-hydrogen) atoms. The third kappa shape index (κ3) is 1.78. The zero-order valence-corrected chi connectivity index (χ0v) is 17.0. The van der Waals surface area contributed by atoms with E-state index in [1.165, 1.54) is 14.2 Å². The fourth-order valence-corrected chi connectivity index (χ4v) is 6.02. The van der Waals surface area contributed by atoms with Gasteiger partial charge in [0.05, 0.1) is 5.41 Å². The molecule has 0 radical (unpaired) electrons. The molecular formula is C19H26O9. The number of carbonyl (C=O) groups excluding carboxylic acids is 3. The van der Waals surface area contributed by atoms with Crippen LogP contribution in [0.2, 0.25) is 0 Å². The molecule has 0 aromatic heterocycles. The van der Waals surface area contributed by atoms with Gasteiger partial charge in [0.25, 0.3) is 0 Å². The number of hydrogen-bond donors (Lipinski definition) is 0. The standard InChI is InChI=1S/C19H26O9/c1-15(2)27-18-12(22)14(26-9-24-6)17(4)10(20)7-16(18,3)13(25-8-23-5)11(21)19(17,18)28-15/h13-14H,7-9H2,1-6H3/t13-,14-,16+,17+,18-,19-/m1/s1. The molecule has 9 nitrogen and oxygen atoms in total. The van der Waals surface area contributed by atoms with Crippen LogP contribution >= 0.6 is 0 Å². The SMILES string of the molecule is COCO[C@@H]1C(=O)[C@]23OC(C)(C)O[C@@]24C(=O)[C@@H](OCOC)[C@]3(C)C(=O)C[C@@]14C. The van der Waals surface area contributed by atoms with Gasteiger partial charge >= 0.3 is 0 Å². The number of methoxy groups -OCH3 is 2. The number of carbonyl (C=O) groups is 3. The Morgan fingerprint density at radius 3 is 1.93 bits per heavy atom. The third-order valence-electron chi connectivity index (χ3n) is 6.91. The van der Waals surface area contributed by atoms with Crippen molar-refractivity contribution >= 4 is 17.3 Å². The van der Waals surface area contributed by atoms with Crippen LogP contribution in [-0.4, -0.2) is 74.4 Å². The Hall–Kier alpha value is -1.23. The first-order valence-corrected chi connectivity index (χ1v) is 9.23. The van der Waals surface area contributed by atoms with Gasteiger partial charge in [-0.05, 0) is 20.8 Å². The number of hydrogen-bond acceptors (Lipinski definition) is 9. The summed E-state index contributed by atoms with van der Waals surface area (Å²) in [6.07, 6.45) is -2.38. The van der Waals surface area contributed by atoms with Crippen LogP contribution in [0.3, 0.4) is 0 Å². The lowest BCUT2D eigenvalue weighted by atomic mass is 9.57. The fourth-order valence-electron chi connectivity index (χ4n) is 6.02. The van der Waals surface area contributed by atoms with E-state index in [0.29, 0.717) is 0 Å². The summed E-state index contributed by atoms with van der Waals surface area (Å²) >= 11 is 0. The topological polar surface area (TPSA) is 107 Å². The maximum atomic E-state index is 13.8. The molecule has 3 saturated carbocycles. The molecule has 4 rings (SSSR count). The summed E-state index contributed by atoms with van der Waals surface area (Å²) in [5.74, 6) is -2.50. The molecule has 0 unspecified atom stereocenters. The van der Waals surface area contributed by atoms with E-state index in [2.05, 4.69) is 0 Å². The summed E-state index contributed by atoms with van der Waals surface area (Å²) in [5, 5.41) is 0. The third-order valence-corrected chi connectivity index (χ3v) is 6.91. The van der Waals surface area contributed by atoms with E-state index >= 15 is 0 Å².